The lowest BCUT2D eigenvalue weighted by Gasteiger charge is -2.13. The lowest BCUT2D eigenvalue weighted by Crippen LogP contribution is -2.25. The lowest BCUT2D eigenvalue weighted by atomic mass is 10.0. The van der Waals surface area contributed by atoms with Crippen molar-refractivity contribution in [2.75, 3.05) is 0 Å². The van der Waals surface area contributed by atoms with Gasteiger partial charge in [-0.05, 0) is 36.2 Å². The molecule has 0 atom stereocenters. The standard InChI is InChI=1S/C18H12ClF2N3O2/c1-10-3-2-4-11(8-22)14(10)9-24-15-7-12(18(20,21)17(25)26)5-6-13(15)16(19)23-24/h2-7H,9H2,1H3,(H,25,26). The Bertz CT molecular complexity index is 1070. The molecule has 0 saturated carbocycles. The van der Waals surface area contributed by atoms with Crippen molar-refractivity contribution in [1.29, 1.82) is 5.26 Å². The van der Waals surface area contributed by atoms with Crippen molar-refractivity contribution in [3.63, 3.8) is 0 Å². The van der Waals surface area contributed by atoms with E-state index in [4.69, 9.17) is 16.7 Å². The minimum atomic E-state index is -4.03. The van der Waals surface area contributed by atoms with E-state index in [1.54, 1.807) is 12.1 Å². The van der Waals surface area contributed by atoms with E-state index in [0.717, 1.165) is 17.7 Å². The molecule has 1 aromatic heterocycles. The van der Waals surface area contributed by atoms with Gasteiger partial charge in [0.25, 0.3) is 0 Å². The van der Waals surface area contributed by atoms with Crippen molar-refractivity contribution in [3.05, 3.63) is 63.8 Å². The molecule has 0 fully saturated rings. The number of benzene rings is 2. The first-order valence-corrected chi connectivity index (χ1v) is 7.90. The van der Waals surface area contributed by atoms with Gasteiger partial charge in [0.15, 0.2) is 5.15 Å². The highest BCUT2D eigenvalue weighted by Gasteiger charge is 2.41. The number of aliphatic carboxylic acids is 1. The lowest BCUT2D eigenvalue weighted by molar-refractivity contribution is -0.166. The van der Waals surface area contributed by atoms with Crippen molar-refractivity contribution in [3.8, 4) is 6.07 Å². The summed E-state index contributed by atoms with van der Waals surface area (Å²) in [7, 11) is 0. The van der Waals surface area contributed by atoms with E-state index in [1.807, 2.05) is 13.0 Å². The molecule has 3 aromatic rings. The minimum absolute atomic E-state index is 0.109. The number of nitrogens with zero attached hydrogens (tertiary/aromatic N) is 3. The van der Waals surface area contributed by atoms with Gasteiger partial charge < -0.3 is 5.11 Å². The molecular weight excluding hydrogens is 364 g/mol. The fourth-order valence-electron chi connectivity index (χ4n) is 2.74. The molecule has 0 aliphatic heterocycles. The second kappa shape index (κ2) is 6.39. The van der Waals surface area contributed by atoms with E-state index in [1.165, 1.54) is 10.7 Å². The third-order valence-electron chi connectivity index (χ3n) is 4.18. The molecule has 0 aliphatic rings. The highest BCUT2D eigenvalue weighted by atomic mass is 35.5. The molecule has 26 heavy (non-hydrogen) atoms. The van der Waals surface area contributed by atoms with E-state index in [-0.39, 0.29) is 17.2 Å². The smallest absolute Gasteiger partial charge is 0.379 e. The molecule has 0 unspecified atom stereocenters. The van der Waals surface area contributed by atoms with Gasteiger partial charge >= 0.3 is 11.9 Å². The highest BCUT2D eigenvalue weighted by molar-refractivity contribution is 6.34. The maximum absolute atomic E-state index is 13.8. The number of fused-ring (bicyclic) bond motifs is 1. The Hall–Kier alpha value is -2.98. The summed E-state index contributed by atoms with van der Waals surface area (Å²) in [6, 6.07) is 10.7. The summed E-state index contributed by atoms with van der Waals surface area (Å²) in [6.45, 7) is 1.97. The van der Waals surface area contributed by atoms with E-state index >= 15 is 0 Å². The number of carboxylic acids is 1. The van der Waals surface area contributed by atoms with Gasteiger partial charge in [0, 0.05) is 10.9 Å². The van der Waals surface area contributed by atoms with Crippen LogP contribution in [0.25, 0.3) is 10.9 Å². The number of halogens is 3. The number of aromatic nitrogens is 2. The largest absolute Gasteiger partial charge is 0.477 e. The van der Waals surface area contributed by atoms with Crippen molar-refractivity contribution < 1.29 is 18.7 Å². The van der Waals surface area contributed by atoms with Crippen LogP contribution in [-0.2, 0) is 17.3 Å². The zero-order valence-corrected chi connectivity index (χ0v) is 14.3. The van der Waals surface area contributed by atoms with Crippen LogP contribution >= 0.6 is 11.6 Å². The molecule has 1 heterocycles. The molecule has 0 bridgehead atoms. The number of nitriles is 1. The molecule has 132 valence electrons. The third kappa shape index (κ3) is 2.89. The Morgan fingerprint density at radius 1 is 1.38 bits per heavy atom. The molecule has 2 aromatic carbocycles. The third-order valence-corrected chi connectivity index (χ3v) is 4.46. The van der Waals surface area contributed by atoms with E-state index in [0.29, 0.717) is 16.5 Å². The first kappa shape index (κ1) is 17.8. The van der Waals surface area contributed by atoms with Crippen LogP contribution in [-0.4, -0.2) is 20.9 Å². The molecule has 0 saturated heterocycles. The molecule has 8 heteroatoms. The van der Waals surface area contributed by atoms with E-state index in [2.05, 4.69) is 11.2 Å². The molecular formula is C18H12ClF2N3O2. The van der Waals surface area contributed by atoms with Crippen LogP contribution in [0.4, 0.5) is 8.78 Å². The molecule has 1 N–H and O–H groups in total. The van der Waals surface area contributed by atoms with Crippen molar-refractivity contribution >= 4 is 28.5 Å². The molecule has 5 nitrogen and oxygen atoms in total. The number of aryl methyl sites for hydroxylation is 1. The van der Waals surface area contributed by atoms with Gasteiger partial charge in [-0.3, -0.25) is 4.68 Å². The second-order valence-corrected chi connectivity index (χ2v) is 6.13. The first-order valence-electron chi connectivity index (χ1n) is 7.52. The van der Waals surface area contributed by atoms with Gasteiger partial charge in [-0.1, -0.05) is 29.8 Å². The van der Waals surface area contributed by atoms with Crippen molar-refractivity contribution in [2.45, 2.75) is 19.4 Å². The second-order valence-electron chi connectivity index (χ2n) is 5.77. The van der Waals surface area contributed by atoms with Crippen molar-refractivity contribution in [2.24, 2.45) is 0 Å². The Labute approximate surface area is 152 Å². The van der Waals surface area contributed by atoms with Crippen LogP contribution in [0.5, 0.6) is 0 Å². The Morgan fingerprint density at radius 3 is 2.77 bits per heavy atom. The zero-order chi connectivity index (χ0) is 19.1. The Morgan fingerprint density at radius 2 is 2.12 bits per heavy atom. The Kier molecular flexibility index (Phi) is 4.38. The van der Waals surface area contributed by atoms with Crippen LogP contribution in [0.2, 0.25) is 5.15 Å². The summed E-state index contributed by atoms with van der Waals surface area (Å²) in [5.74, 6) is -6.27. The zero-order valence-electron chi connectivity index (χ0n) is 13.5. The molecule has 0 amide bonds. The number of carboxylic acid groups (broad SMARTS) is 1. The summed E-state index contributed by atoms with van der Waals surface area (Å²) < 4.78 is 29.1. The summed E-state index contributed by atoms with van der Waals surface area (Å²) >= 11 is 6.09. The number of carbonyl (C=O) groups is 1. The van der Waals surface area contributed by atoms with Crippen LogP contribution in [0, 0.1) is 18.3 Å². The average Bonchev–Trinajstić information content (AvgIpc) is 2.92. The first-order chi connectivity index (χ1) is 12.3. The van der Waals surface area contributed by atoms with Gasteiger partial charge in [0.05, 0.1) is 23.7 Å². The molecule has 0 aliphatic carbocycles. The van der Waals surface area contributed by atoms with Gasteiger partial charge in [-0.15, -0.1) is 0 Å². The van der Waals surface area contributed by atoms with E-state index in [9.17, 15) is 18.8 Å². The number of rotatable bonds is 4. The number of hydrogen-bond acceptors (Lipinski definition) is 3. The van der Waals surface area contributed by atoms with Gasteiger partial charge in [-0.25, -0.2) is 4.79 Å². The van der Waals surface area contributed by atoms with Crippen molar-refractivity contribution in [1.82, 2.24) is 9.78 Å². The fourth-order valence-corrected chi connectivity index (χ4v) is 2.99. The van der Waals surface area contributed by atoms with Crippen LogP contribution in [0.1, 0.15) is 22.3 Å². The van der Waals surface area contributed by atoms with Gasteiger partial charge in [0.2, 0.25) is 0 Å². The molecule has 3 rings (SSSR count). The summed E-state index contributed by atoms with van der Waals surface area (Å²) in [6.07, 6.45) is 0. The molecule has 0 spiro atoms. The summed E-state index contributed by atoms with van der Waals surface area (Å²) in [5.41, 5.74) is 1.57. The SMILES string of the molecule is Cc1cccc(C#N)c1Cn1nc(Cl)c2ccc(C(F)(F)C(=O)O)cc21. The predicted octanol–water partition coefficient (Wildman–Crippen LogP) is 4.09. The maximum Gasteiger partial charge on any atom is 0.379 e. The van der Waals surface area contributed by atoms with E-state index < -0.39 is 17.5 Å². The van der Waals surface area contributed by atoms with Gasteiger partial charge in [-0.2, -0.15) is 19.1 Å². The molecule has 0 radical (unpaired) electrons. The summed E-state index contributed by atoms with van der Waals surface area (Å²) in [4.78, 5) is 10.8. The number of alkyl halides is 2. The van der Waals surface area contributed by atoms with Gasteiger partial charge in [0.1, 0.15) is 0 Å². The predicted molar refractivity (Wildman–Crippen MR) is 91.3 cm³/mol. The average molecular weight is 376 g/mol. The summed E-state index contributed by atoms with van der Waals surface area (Å²) in [5, 5.41) is 22.7. The van der Waals surface area contributed by atoms with Crippen LogP contribution < -0.4 is 0 Å². The van der Waals surface area contributed by atoms with Crippen LogP contribution in [0.15, 0.2) is 36.4 Å². The quantitative estimate of drug-likeness (QED) is 0.744. The van der Waals surface area contributed by atoms with Crippen LogP contribution in [0.3, 0.4) is 0 Å². The topological polar surface area (TPSA) is 78.9 Å². The maximum atomic E-state index is 13.8. The number of hydrogen-bond donors (Lipinski definition) is 1. The minimum Gasteiger partial charge on any atom is -0.477 e. The Balaban J connectivity index is 2.16. The monoisotopic (exact) mass is 375 g/mol. The fraction of sp³-hybridized carbons (Fsp3) is 0.167. The normalized spacial score (nSPS) is 11.5. The highest BCUT2D eigenvalue weighted by Crippen LogP contribution is 2.33.